The normalized spacial score (nSPS) is 14.9. The number of esters is 1. The van der Waals surface area contributed by atoms with E-state index in [4.69, 9.17) is 31.5 Å². The van der Waals surface area contributed by atoms with Gasteiger partial charge in [0.15, 0.2) is 0 Å². The van der Waals surface area contributed by atoms with Gasteiger partial charge in [-0.25, -0.2) is 4.79 Å². The van der Waals surface area contributed by atoms with Crippen LogP contribution in [0.15, 0.2) is 84.3 Å². The second-order valence-electron chi connectivity index (χ2n) is 7.14. The Morgan fingerprint density at radius 3 is 2.64 bits per heavy atom. The van der Waals surface area contributed by atoms with Gasteiger partial charge in [0.1, 0.15) is 28.9 Å². The Morgan fingerprint density at radius 1 is 1.12 bits per heavy atom. The molecule has 3 aromatic rings. The number of fused-ring (bicyclic) bond motifs is 1. The fraction of sp³-hybridized carbons (Fsp3) is 0.0769. The monoisotopic (exact) mass is 458 g/mol. The summed E-state index contributed by atoms with van der Waals surface area (Å²) in [6, 6.07) is 21.7. The quantitative estimate of drug-likeness (QED) is 0.321. The zero-order valence-electron chi connectivity index (χ0n) is 17.6. The summed E-state index contributed by atoms with van der Waals surface area (Å²) in [6.07, 6.45) is 2.87. The largest absolute Gasteiger partial charge is 0.496 e. The molecule has 4 rings (SSSR count). The summed E-state index contributed by atoms with van der Waals surface area (Å²) in [5.74, 6) is 0.212. The number of hydrogen-bond acceptors (Lipinski definition) is 6. The van der Waals surface area contributed by atoms with Gasteiger partial charge in [-0.3, -0.25) is 0 Å². The van der Waals surface area contributed by atoms with Gasteiger partial charge in [-0.2, -0.15) is 5.26 Å². The van der Waals surface area contributed by atoms with E-state index in [1.165, 1.54) is 6.08 Å². The number of ether oxygens (including phenoxy) is 3. The predicted molar refractivity (Wildman–Crippen MR) is 125 cm³/mol. The fourth-order valence-corrected chi connectivity index (χ4v) is 3.84. The average molecular weight is 459 g/mol. The minimum absolute atomic E-state index is 0.0111. The molecule has 1 aliphatic rings. The van der Waals surface area contributed by atoms with Gasteiger partial charge >= 0.3 is 5.97 Å². The molecule has 0 amide bonds. The molecular formula is C26H19ClN2O4. The summed E-state index contributed by atoms with van der Waals surface area (Å²) in [5.41, 5.74) is 8.52. The highest BCUT2D eigenvalue weighted by atomic mass is 35.5. The van der Waals surface area contributed by atoms with Crippen molar-refractivity contribution < 1.29 is 19.0 Å². The summed E-state index contributed by atoms with van der Waals surface area (Å²) >= 11 is 6.10. The lowest BCUT2D eigenvalue weighted by atomic mass is 9.83. The highest BCUT2D eigenvalue weighted by Gasteiger charge is 2.32. The summed E-state index contributed by atoms with van der Waals surface area (Å²) in [7, 11) is 1.57. The van der Waals surface area contributed by atoms with Crippen LogP contribution < -0.4 is 19.9 Å². The van der Waals surface area contributed by atoms with E-state index in [1.54, 1.807) is 49.6 Å². The number of halogens is 1. The van der Waals surface area contributed by atoms with Crippen LogP contribution in [0.25, 0.3) is 6.08 Å². The maximum atomic E-state index is 12.3. The number of benzene rings is 3. The number of para-hydroxylation sites is 1. The number of nitrogens with two attached hydrogens (primary N) is 1. The first kappa shape index (κ1) is 22.0. The van der Waals surface area contributed by atoms with Gasteiger partial charge in [-0.1, -0.05) is 54.1 Å². The zero-order chi connectivity index (χ0) is 23.4. The molecule has 0 saturated heterocycles. The van der Waals surface area contributed by atoms with Gasteiger partial charge in [-0.15, -0.1) is 0 Å². The molecule has 1 aliphatic heterocycles. The molecule has 1 unspecified atom stereocenters. The molecule has 0 saturated carbocycles. The van der Waals surface area contributed by atoms with E-state index in [0.29, 0.717) is 27.6 Å². The van der Waals surface area contributed by atoms with Crippen molar-refractivity contribution in [2.45, 2.75) is 5.92 Å². The van der Waals surface area contributed by atoms with Gasteiger partial charge in [-0.05, 0) is 29.8 Å². The topological polar surface area (TPSA) is 94.6 Å². The lowest BCUT2D eigenvalue weighted by molar-refractivity contribution is -0.128. The summed E-state index contributed by atoms with van der Waals surface area (Å²) in [4.78, 5) is 12.3. The fourth-order valence-electron chi connectivity index (χ4n) is 3.64. The van der Waals surface area contributed by atoms with Crippen LogP contribution in [0.4, 0.5) is 0 Å². The molecule has 0 fully saturated rings. The number of hydrogen-bond donors (Lipinski definition) is 1. The van der Waals surface area contributed by atoms with Crippen LogP contribution in [0.3, 0.4) is 0 Å². The van der Waals surface area contributed by atoms with Gasteiger partial charge < -0.3 is 19.9 Å². The van der Waals surface area contributed by atoms with Crippen molar-refractivity contribution in [1.29, 1.82) is 5.26 Å². The summed E-state index contributed by atoms with van der Waals surface area (Å²) in [5, 5.41) is 10.3. The smallest absolute Gasteiger partial charge is 0.336 e. The minimum atomic E-state index is -0.576. The number of nitriles is 1. The minimum Gasteiger partial charge on any atom is -0.496 e. The van der Waals surface area contributed by atoms with Crippen molar-refractivity contribution in [3.05, 3.63) is 106 Å². The van der Waals surface area contributed by atoms with Gasteiger partial charge in [0.2, 0.25) is 5.88 Å². The predicted octanol–water partition coefficient (Wildman–Crippen LogP) is 5.19. The van der Waals surface area contributed by atoms with Crippen LogP contribution in [0, 0.1) is 11.3 Å². The third-order valence-corrected chi connectivity index (χ3v) is 5.51. The molecule has 0 aliphatic carbocycles. The van der Waals surface area contributed by atoms with Gasteiger partial charge in [0, 0.05) is 28.3 Å². The van der Waals surface area contributed by atoms with E-state index in [2.05, 4.69) is 6.07 Å². The molecule has 1 heterocycles. The Kier molecular flexibility index (Phi) is 6.34. The van der Waals surface area contributed by atoms with Crippen LogP contribution >= 0.6 is 11.6 Å². The van der Waals surface area contributed by atoms with E-state index in [1.807, 2.05) is 30.3 Å². The highest BCUT2D eigenvalue weighted by Crippen LogP contribution is 2.45. The van der Waals surface area contributed by atoms with Crippen molar-refractivity contribution in [3.63, 3.8) is 0 Å². The first-order valence-electron chi connectivity index (χ1n) is 10.0. The molecule has 6 nitrogen and oxygen atoms in total. The summed E-state index contributed by atoms with van der Waals surface area (Å²) in [6.45, 7) is 0. The number of rotatable bonds is 5. The SMILES string of the molecule is COc1ccccc1C1C(C#N)=C(N)Oc2cc(OC(=O)/C=C/c3ccccc3Cl)ccc21. The standard InChI is InChI=1S/C26H19ClN2O4/c1-31-22-9-5-3-7-18(22)25-19-12-11-17(14-23(19)33-26(29)20(25)15-28)32-24(30)13-10-16-6-2-4-8-21(16)27/h2-14,25H,29H2,1H3/b13-10+. The number of carbonyl (C=O) groups excluding carboxylic acids is 1. The van der Waals surface area contributed by atoms with Crippen molar-refractivity contribution in [3.8, 4) is 23.3 Å². The maximum absolute atomic E-state index is 12.3. The van der Waals surface area contributed by atoms with Crippen molar-refractivity contribution >= 4 is 23.6 Å². The van der Waals surface area contributed by atoms with Gasteiger partial charge in [0.25, 0.3) is 0 Å². The Balaban J connectivity index is 1.64. The molecule has 0 spiro atoms. The van der Waals surface area contributed by atoms with Crippen LogP contribution in [0.1, 0.15) is 22.6 Å². The molecule has 1 atom stereocenters. The Morgan fingerprint density at radius 2 is 1.88 bits per heavy atom. The molecule has 0 aromatic heterocycles. The Hall–Kier alpha value is -4.21. The first-order chi connectivity index (χ1) is 16.0. The van der Waals surface area contributed by atoms with Crippen molar-refractivity contribution in [2.75, 3.05) is 7.11 Å². The number of allylic oxidation sites excluding steroid dienone is 1. The second-order valence-corrected chi connectivity index (χ2v) is 7.55. The second kappa shape index (κ2) is 9.51. The third-order valence-electron chi connectivity index (χ3n) is 5.16. The number of nitrogens with zero attached hydrogens (tertiary/aromatic N) is 1. The van der Waals surface area contributed by atoms with Gasteiger partial charge in [0.05, 0.1) is 13.0 Å². The molecule has 164 valence electrons. The van der Waals surface area contributed by atoms with Crippen LogP contribution in [0.5, 0.6) is 17.2 Å². The molecule has 7 heteroatoms. The molecular weight excluding hydrogens is 440 g/mol. The zero-order valence-corrected chi connectivity index (χ0v) is 18.4. The van der Waals surface area contributed by atoms with Crippen molar-refractivity contribution in [2.24, 2.45) is 5.73 Å². The third kappa shape index (κ3) is 4.54. The maximum Gasteiger partial charge on any atom is 0.336 e. The van der Waals surface area contributed by atoms with Crippen molar-refractivity contribution in [1.82, 2.24) is 0 Å². The van der Waals surface area contributed by atoms with E-state index in [9.17, 15) is 10.1 Å². The highest BCUT2D eigenvalue weighted by molar-refractivity contribution is 6.32. The summed E-state index contributed by atoms with van der Waals surface area (Å²) < 4.78 is 16.6. The molecule has 0 radical (unpaired) electrons. The van der Waals surface area contributed by atoms with Crippen LogP contribution in [0.2, 0.25) is 5.02 Å². The van der Waals surface area contributed by atoms with E-state index in [-0.39, 0.29) is 17.2 Å². The number of carbonyl (C=O) groups is 1. The molecule has 33 heavy (non-hydrogen) atoms. The average Bonchev–Trinajstić information content (AvgIpc) is 2.82. The lowest BCUT2D eigenvalue weighted by Gasteiger charge is -2.27. The van der Waals surface area contributed by atoms with Crippen LogP contribution in [-0.4, -0.2) is 13.1 Å². The molecule has 2 N–H and O–H groups in total. The molecule has 0 bridgehead atoms. The Bertz CT molecular complexity index is 1320. The molecule has 3 aromatic carbocycles. The van der Waals surface area contributed by atoms with E-state index >= 15 is 0 Å². The number of methoxy groups -OCH3 is 1. The lowest BCUT2D eigenvalue weighted by Crippen LogP contribution is -2.21. The van der Waals surface area contributed by atoms with Crippen LogP contribution in [-0.2, 0) is 4.79 Å². The Labute approximate surface area is 196 Å². The van der Waals surface area contributed by atoms with E-state index < -0.39 is 11.9 Å². The van der Waals surface area contributed by atoms with E-state index in [0.717, 1.165) is 5.56 Å². The first-order valence-corrected chi connectivity index (χ1v) is 10.4.